The van der Waals surface area contributed by atoms with Crippen molar-refractivity contribution in [3.8, 4) is 0 Å². The minimum absolute atomic E-state index is 0.139. The number of nitrogen functional groups attached to an aromatic ring is 1. The molecule has 0 spiro atoms. The number of rotatable bonds is 4. The van der Waals surface area contributed by atoms with Gasteiger partial charge in [0.05, 0.1) is 11.9 Å². The van der Waals surface area contributed by atoms with Gasteiger partial charge in [-0.2, -0.15) is 0 Å². The third-order valence-corrected chi connectivity index (χ3v) is 4.00. The second kappa shape index (κ2) is 5.75. The number of piperidine rings is 1. The summed E-state index contributed by atoms with van der Waals surface area (Å²) in [7, 11) is 1.54. The van der Waals surface area contributed by atoms with E-state index in [4.69, 9.17) is 10.5 Å². The second-order valence-electron chi connectivity index (χ2n) is 5.64. The van der Waals surface area contributed by atoms with Crippen molar-refractivity contribution in [2.45, 2.75) is 32.5 Å². The van der Waals surface area contributed by atoms with Gasteiger partial charge in [0.15, 0.2) is 6.29 Å². The van der Waals surface area contributed by atoms with Gasteiger partial charge in [0.1, 0.15) is 5.82 Å². The van der Waals surface area contributed by atoms with Crippen molar-refractivity contribution in [1.82, 2.24) is 4.98 Å². The largest absolute Gasteiger partial charge is 0.397 e. The molecule has 0 bridgehead atoms. The van der Waals surface area contributed by atoms with E-state index in [0.717, 1.165) is 31.7 Å². The zero-order chi connectivity index (χ0) is 13.9. The van der Waals surface area contributed by atoms with Gasteiger partial charge >= 0.3 is 0 Å². The van der Waals surface area contributed by atoms with Crippen LogP contribution >= 0.6 is 0 Å². The summed E-state index contributed by atoms with van der Waals surface area (Å²) in [5.41, 5.74) is 6.47. The molecule has 1 aliphatic rings. The Morgan fingerprint density at radius 1 is 1.47 bits per heavy atom. The summed E-state index contributed by atoms with van der Waals surface area (Å²) in [6.45, 7) is 4.11. The molecule has 1 fully saturated rings. The molecule has 1 saturated heterocycles. The number of aliphatic hydroxyl groups is 1. The van der Waals surface area contributed by atoms with E-state index < -0.39 is 6.29 Å². The van der Waals surface area contributed by atoms with Gasteiger partial charge in [-0.15, -0.1) is 0 Å². The van der Waals surface area contributed by atoms with Crippen LogP contribution < -0.4 is 10.6 Å². The first-order valence-corrected chi connectivity index (χ1v) is 6.70. The molecule has 106 valence electrons. The number of hydrogen-bond acceptors (Lipinski definition) is 5. The van der Waals surface area contributed by atoms with Crippen LogP contribution in [0, 0.1) is 5.41 Å². The van der Waals surface area contributed by atoms with E-state index in [1.165, 1.54) is 0 Å². The summed E-state index contributed by atoms with van der Waals surface area (Å²) in [4.78, 5) is 6.62. The highest BCUT2D eigenvalue weighted by Gasteiger charge is 2.32. The number of methoxy groups -OCH3 is 1. The minimum atomic E-state index is -0.661. The monoisotopic (exact) mass is 265 g/mol. The molecule has 1 aromatic heterocycles. The van der Waals surface area contributed by atoms with Crippen LogP contribution in [-0.4, -0.2) is 36.6 Å². The van der Waals surface area contributed by atoms with E-state index in [9.17, 15) is 5.11 Å². The molecule has 0 radical (unpaired) electrons. The molecular formula is C14H23N3O2. The third-order valence-electron chi connectivity index (χ3n) is 4.00. The van der Waals surface area contributed by atoms with Crippen LogP contribution in [0.4, 0.5) is 11.5 Å². The zero-order valence-corrected chi connectivity index (χ0v) is 11.7. The van der Waals surface area contributed by atoms with Crippen molar-refractivity contribution in [3.05, 3.63) is 18.3 Å². The Morgan fingerprint density at radius 3 is 2.68 bits per heavy atom. The second-order valence-corrected chi connectivity index (χ2v) is 5.64. The van der Waals surface area contributed by atoms with Gasteiger partial charge in [0.2, 0.25) is 0 Å². The van der Waals surface area contributed by atoms with Gasteiger partial charge in [-0.1, -0.05) is 6.92 Å². The molecule has 0 aromatic carbocycles. The fourth-order valence-corrected chi connectivity index (χ4v) is 2.57. The molecule has 1 aromatic rings. The molecule has 5 heteroatoms. The van der Waals surface area contributed by atoms with Crippen molar-refractivity contribution >= 4 is 11.5 Å². The fraction of sp³-hybridized carbons (Fsp3) is 0.643. The first-order chi connectivity index (χ1) is 9.02. The van der Waals surface area contributed by atoms with E-state index in [1.807, 2.05) is 12.1 Å². The van der Waals surface area contributed by atoms with Crippen molar-refractivity contribution in [1.29, 1.82) is 0 Å². The molecule has 5 nitrogen and oxygen atoms in total. The van der Waals surface area contributed by atoms with Gasteiger partial charge < -0.3 is 20.5 Å². The van der Waals surface area contributed by atoms with Gasteiger partial charge in [0, 0.05) is 26.6 Å². The Hall–Kier alpha value is -1.33. The molecule has 3 N–H and O–H groups in total. The highest BCUT2D eigenvalue weighted by molar-refractivity contribution is 5.46. The molecule has 1 unspecified atom stereocenters. The summed E-state index contributed by atoms with van der Waals surface area (Å²) in [5, 5.41) is 9.63. The molecule has 0 amide bonds. The van der Waals surface area contributed by atoms with E-state index in [2.05, 4.69) is 16.8 Å². The molecule has 0 aliphatic carbocycles. The molecular weight excluding hydrogens is 242 g/mol. The van der Waals surface area contributed by atoms with Crippen LogP contribution in [0.15, 0.2) is 18.3 Å². The summed E-state index contributed by atoms with van der Waals surface area (Å²) in [6.07, 6.45) is 3.77. The normalized spacial score (nSPS) is 20.3. The number of anilines is 2. The van der Waals surface area contributed by atoms with Gasteiger partial charge in [-0.05, 0) is 30.4 Å². The molecule has 1 aliphatic heterocycles. The summed E-state index contributed by atoms with van der Waals surface area (Å²) in [6, 6.07) is 3.84. The number of aromatic nitrogens is 1. The van der Waals surface area contributed by atoms with Gasteiger partial charge in [0.25, 0.3) is 0 Å². The van der Waals surface area contributed by atoms with E-state index >= 15 is 0 Å². The van der Waals surface area contributed by atoms with E-state index in [0.29, 0.717) is 12.1 Å². The van der Waals surface area contributed by atoms with Crippen LogP contribution in [0.3, 0.4) is 0 Å². The van der Waals surface area contributed by atoms with Crippen LogP contribution in [0.1, 0.15) is 26.2 Å². The summed E-state index contributed by atoms with van der Waals surface area (Å²) in [5.74, 6) is 0.975. The number of nitrogens with two attached hydrogens (primary N) is 1. The Balaban J connectivity index is 1.93. The smallest absolute Gasteiger partial charge is 0.154 e. The molecule has 2 heterocycles. The standard InChI is InChI=1S/C14H23N3O2/c1-14(9-13(18)19-2)5-7-17(8-6-14)12-4-3-11(15)10-16-12/h3-4,10,13,18H,5-9,15H2,1-2H3. The SMILES string of the molecule is COC(O)CC1(C)CCN(c2ccc(N)cn2)CC1. The highest BCUT2D eigenvalue weighted by Crippen LogP contribution is 2.36. The van der Waals surface area contributed by atoms with Crippen LogP contribution in [0.25, 0.3) is 0 Å². The van der Waals surface area contributed by atoms with Crippen LogP contribution in [0.2, 0.25) is 0 Å². The zero-order valence-electron chi connectivity index (χ0n) is 11.7. The van der Waals surface area contributed by atoms with Crippen molar-refractivity contribution < 1.29 is 9.84 Å². The van der Waals surface area contributed by atoms with Crippen molar-refractivity contribution in [3.63, 3.8) is 0 Å². The molecule has 1 atom stereocenters. The lowest BCUT2D eigenvalue weighted by atomic mass is 9.77. The van der Waals surface area contributed by atoms with Crippen LogP contribution in [-0.2, 0) is 4.74 Å². The van der Waals surface area contributed by atoms with E-state index in [1.54, 1.807) is 13.3 Å². The number of pyridine rings is 1. The first-order valence-electron chi connectivity index (χ1n) is 6.70. The highest BCUT2D eigenvalue weighted by atomic mass is 16.6. The maximum Gasteiger partial charge on any atom is 0.154 e. The first kappa shape index (κ1) is 14.1. The summed E-state index contributed by atoms with van der Waals surface area (Å²) < 4.78 is 4.96. The maximum absolute atomic E-state index is 9.63. The lowest BCUT2D eigenvalue weighted by Gasteiger charge is -2.40. The van der Waals surface area contributed by atoms with E-state index in [-0.39, 0.29) is 5.41 Å². The maximum atomic E-state index is 9.63. The van der Waals surface area contributed by atoms with Gasteiger partial charge in [-0.3, -0.25) is 0 Å². The van der Waals surface area contributed by atoms with Crippen LogP contribution in [0.5, 0.6) is 0 Å². The number of aliphatic hydroxyl groups excluding tert-OH is 1. The predicted molar refractivity (Wildman–Crippen MR) is 75.8 cm³/mol. The third kappa shape index (κ3) is 3.58. The Kier molecular flexibility index (Phi) is 4.27. The average molecular weight is 265 g/mol. The Morgan fingerprint density at radius 2 is 2.16 bits per heavy atom. The fourth-order valence-electron chi connectivity index (χ4n) is 2.57. The van der Waals surface area contributed by atoms with Crippen molar-refractivity contribution in [2.75, 3.05) is 30.8 Å². The quantitative estimate of drug-likeness (QED) is 0.810. The Bertz CT molecular complexity index is 400. The molecule has 0 saturated carbocycles. The number of nitrogens with zero attached hydrogens (tertiary/aromatic N) is 2. The summed E-state index contributed by atoms with van der Waals surface area (Å²) >= 11 is 0. The predicted octanol–water partition coefficient (Wildman–Crippen LogP) is 1.63. The lowest BCUT2D eigenvalue weighted by molar-refractivity contribution is -0.102. The molecule has 2 rings (SSSR count). The minimum Gasteiger partial charge on any atom is -0.397 e. The number of hydrogen-bond donors (Lipinski definition) is 2. The van der Waals surface area contributed by atoms with Crippen molar-refractivity contribution in [2.24, 2.45) is 5.41 Å². The van der Waals surface area contributed by atoms with Gasteiger partial charge in [-0.25, -0.2) is 4.98 Å². The topological polar surface area (TPSA) is 71.6 Å². The molecule has 19 heavy (non-hydrogen) atoms. The Labute approximate surface area is 114 Å². The average Bonchev–Trinajstić information content (AvgIpc) is 2.40. The number of ether oxygens (including phenoxy) is 1. The lowest BCUT2D eigenvalue weighted by Crippen LogP contribution is -2.40.